The van der Waals surface area contributed by atoms with E-state index >= 15 is 0 Å². The Kier molecular flexibility index (Phi) is 10.5. The lowest BCUT2D eigenvalue weighted by Gasteiger charge is -2.22. The van der Waals surface area contributed by atoms with Crippen LogP contribution in [0.3, 0.4) is 0 Å². The van der Waals surface area contributed by atoms with Gasteiger partial charge in [-0.3, -0.25) is 0 Å². The van der Waals surface area contributed by atoms with E-state index in [1.807, 2.05) is 0 Å². The lowest BCUT2D eigenvalue weighted by molar-refractivity contribution is 0.646. The van der Waals surface area contributed by atoms with Crippen LogP contribution in [-0.2, 0) is 12.8 Å². The summed E-state index contributed by atoms with van der Waals surface area (Å²) in [7, 11) is 0. The van der Waals surface area contributed by atoms with Crippen LogP contribution in [0.5, 0.6) is 0 Å². The summed E-state index contributed by atoms with van der Waals surface area (Å²) in [6.07, 6.45) is 2.09. The summed E-state index contributed by atoms with van der Waals surface area (Å²) in [5.41, 5.74) is 27.0. The Bertz CT molecular complexity index is 4580. The monoisotopic (exact) mass is 1010 g/mol. The van der Waals surface area contributed by atoms with Gasteiger partial charge in [-0.2, -0.15) is 0 Å². The molecule has 12 aromatic carbocycles. The summed E-state index contributed by atoms with van der Waals surface area (Å²) < 4.78 is 26.5. The molecule has 4 nitrogen and oxygen atoms in total. The normalized spacial score (nSPS) is 12.3. The van der Waals surface area contributed by atoms with Crippen LogP contribution in [0.25, 0.3) is 155 Å². The Morgan fingerprint density at radius 2 is 0.513 bits per heavy atom. The zero-order valence-corrected chi connectivity index (χ0v) is 44.7. The van der Waals surface area contributed by atoms with Crippen molar-refractivity contribution in [3.8, 4) is 66.8 Å². The van der Waals surface area contributed by atoms with Crippen LogP contribution < -0.4 is 0 Å². The van der Waals surface area contributed by atoms with Crippen molar-refractivity contribution in [1.82, 2.24) is 0 Å². The Balaban J connectivity index is 0.000000137. The second-order valence-corrected chi connectivity index (χ2v) is 22.4. The van der Waals surface area contributed by atoms with Gasteiger partial charge in [0.15, 0.2) is 0 Å². The molecule has 4 heteroatoms. The van der Waals surface area contributed by atoms with Crippen LogP contribution in [0.2, 0.25) is 0 Å². The first-order valence-corrected chi connectivity index (χ1v) is 27.6. The van der Waals surface area contributed by atoms with E-state index in [1.54, 1.807) is 0 Å². The average Bonchev–Trinajstić information content (AvgIpc) is 3.61. The Labute approximate surface area is 452 Å². The van der Waals surface area contributed by atoms with Crippen LogP contribution in [0.15, 0.2) is 212 Å². The third-order valence-electron chi connectivity index (χ3n) is 16.5. The molecule has 0 N–H and O–H groups in total. The van der Waals surface area contributed by atoms with Gasteiger partial charge in [-0.25, -0.2) is 0 Å². The quantitative estimate of drug-likeness (QED) is 0.112. The maximum absolute atomic E-state index is 6.69. The molecule has 0 saturated carbocycles. The third kappa shape index (κ3) is 7.05. The molecule has 0 aromatic heterocycles. The molecule has 4 aliphatic rings. The Morgan fingerprint density at radius 1 is 0.256 bits per heavy atom. The van der Waals surface area contributed by atoms with Gasteiger partial charge in [-0.05, 0) is 200 Å². The highest BCUT2D eigenvalue weighted by atomic mass is 16.3. The minimum absolute atomic E-state index is 0.580. The molecule has 4 aliphatic heterocycles. The van der Waals surface area contributed by atoms with Crippen molar-refractivity contribution >= 4 is 87.8 Å². The smallest absolute Gasteiger partial charge is 0.136 e. The fraction of sp³-hybridized carbons (Fsp3) is 0.135. The molecule has 78 heavy (non-hydrogen) atoms. The van der Waals surface area contributed by atoms with Gasteiger partial charge in [0, 0.05) is 43.8 Å². The van der Waals surface area contributed by atoms with Crippen molar-refractivity contribution in [1.29, 1.82) is 0 Å². The van der Waals surface area contributed by atoms with Gasteiger partial charge in [0.2, 0.25) is 0 Å². The van der Waals surface area contributed by atoms with Gasteiger partial charge in [-0.1, -0.05) is 149 Å². The maximum Gasteiger partial charge on any atom is 0.136 e. The molecule has 0 saturated heterocycles. The van der Waals surface area contributed by atoms with Crippen molar-refractivity contribution in [3.05, 3.63) is 216 Å². The topological polar surface area (TPSA) is 52.6 Å². The first-order chi connectivity index (χ1) is 38.2. The standard InChI is InChI=1S/C40H34O2.C34H22O2/c1-23(2)21-25-9-5-7-11-27(25)29-13-17-33-37-31(29)15-19-35-39(37)40-36(41-33)20-16-32-30(14-18-34(42-35)38(32)40)28-12-8-6-10-26(28)22-24(3)4;1-19-7-3-5-9-21(19)23-11-15-27-31-25(23)13-17-29-33(31)34-30(35-27)18-14-26-24(12-16-28(36-29)32(26)34)22-10-6-4-8-20(22)2/h5-20,23-24H,21-22H2,1-4H3;3-18H,1-2H3. The summed E-state index contributed by atoms with van der Waals surface area (Å²) in [6.45, 7) is 13.5. The van der Waals surface area contributed by atoms with Gasteiger partial charge < -0.3 is 17.7 Å². The lowest BCUT2D eigenvalue weighted by atomic mass is 9.84. The second-order valence-electron chi connectivity index (χ2n) is 22.4. The molecule has 0 fully saturated rings. The minimum Gasteiger partial charge on any atom is -0.456 e. The van der Waals surface area contributed by atoms with Crippen molar-refractivity contribution in [2.24, 2.45) is 11.8 Å². The molecule has 0 aliphatic carbocycles. The van der Waals surface area contributed by atoms with E-state index in [1.165, 1.54) is 88.3 Å². The number of hydrogen-bond acceptors (Lipinski definition) is 4. The highest BCUT2D eigenvalue weighted by Crippen LogP contribution is 2.53. The Morgan fingerprint density at radius 3 is 0.808 bits per heavy atom. The second kappa shape index (κ2) is 17.7. The molecular formula is C74H56O4. The van der Waals surface area contributed by atoms with Crippen LogP contribution in [-0.4, -0.2) is 0 Å². The number of rotatable bonds is 8. The molecule has 376 valence electrons. The van der Waals surface area contributed by atoms with Crippen molar-refractivity contribution in [2.45, 2.75) is 54.4 Å². The number of aryl methyl sites for hydroxylation is 2. The summed E-state index contributed by atoms with van der Waals surface area (Å²) in [6, 6.07) is 69.5. The largest absolute Gasteiger partial charge is 0.456 e. The van der Waals surface area contributed by atoms with Gasteiger partial charge >= 0.3 is 0 Å². The molecule has 0 amide bonds. The van der Waals surface area contributed by atoms with Crippen molar-refractivity contribution in [2.75, 3.05) is 0 Å². The van der Waals surface area contributed by atoms with E-state index in [4.69, 9.17) is 17.7 Å². The molecule has 4 heterocycles. The predicted molar refractivity (Wildman–Crippen MR) is 326 cm³/mol. The van der Waals surface area contributed by atoms with Gasteiger partial charge in [0.05, 0.1) is 0 Å². The lowest BCUT2D eigenvalue weighted by Crippen LogP contribution is -1.99. The van der Waals surface area contributed by atoms with E-state index < -0.39 is 0 Å². The molecule has 0 bridgehead atoms. The van der Waals surface area contributed by atoms with Crippen molar-refractivity contribution < 1.29 is 17.7 Å². The fourth-order valence-corrected chi connectivity index (χ4v) is 13.2. The van der Waals surface area contributed by atoms with Crippen LogP contribution in [0.4, 0.5) is 0 Å². The van der Waals surface area contributed by atoms with E-state index in [-0.39, 0.29) is 0 Å². The van der Waals surface area contributed by atoms with Crippen LogP contribution in [0, 0.1) is 25.7 Å². The third-order valence-corrected chi connectivity index (χ3v) is 16.5. The molecule has 0 spiro atoms. The van der Waals surface area contributed by atoms with Gasteiger partial charge in [0.25, 0.3) is 0 Å². The predicted octanol–water partition coefficient (Wildman–Crippen LogP) is 21.7. The van der Waals surface area contributed by atoms with E-state index in [9.17, 15) is 0 Å². The fourth-order valence-electron chi connectivity index (χ4n) is 13.2. The summed E-state index contributed by atoms with van der Waals surface area (Å²) in [5, 5.41) is 9.31. The molecule has 0 radical (unpaired) electrons. The van der Waals surface area contributed by atoms with E-state index in [2.05, 4.69) is 236 Å². The first kappa shape index (κ1) is 46.2. The van der Waals surface area contributed by atoms with Gasteiger partial charge in [0.1, 0.15) is 44.7 Å². The summed E-state index contributed by atoms with van der Waals surface area (Å²) in [4.78, 5) is 0. The molecule has 0 unspecified atom stereocenters. The van der Waals surface area contributed by atoms with E-state index in [0.29, 0.717) is 11.8 Å². The average molecular weight is 1010 g/mol. The molecule has 16 rings (SSSR count). The van der Waals surface area contributed by atoms with Crippen molar-refractivity contribution in [3.63, 3.8) is 0 Å². The highest BCUT2D eigenvalue weighted by Gasteiger charge is 2.29. The SMILES string of the molecule is CC(C)Cc1ccccc1-c1ccc2oc3ccc4c(-c5ccccc5CC(C)C)ccc5oc6ccc1c2c6-c3c54.Cc1ccccc1-c1ccc2oc3ccc4c(-c5ccccc5C)ccc5oc6ccc1c2c6-c3c54. The Hall–Kier alpha value is -9.12. The first-order valence-electron chi connectivity index (χ1n) is 27.6. The van der Waals surface area contributed by atoms with E-state index in [0.717, 1.165) is 101 Å². The minimum atomic E-state index is 0.580. The summed E-state index contributed by atoms with van der Waals surface area (Å²) >= 11 is 0. The zero-order chi connectivity index (χ0) is 52.5. The summed E-state index contributed by atoms with van der Waals surface area (Å²) in [5.74, 6) is 1.16. The maximum atomic E-state index is 6.69. The highest BCUT2D eigenvalue weighted by molar-refractivity contribution is 6.28. The number of benzene rings is 12. The van der Waals surface area contributed by atoms with Gasteiger partial charge in [-0.15, -0.1) is 0 Å². The number of hydrogen-bond donors (Lipinski definition) is 0. The zero-order valence-electron chi connectivity index (χ0n) is 44.7. The van der Waals surface area contributed by atoms with Crippen LogP contribution >= 0.6 is 0 Å². The molecule has 12 aromatic rings. The van der Waals surface area contributed by atoms with Crippen LogP contribution in [0.1, 0.15) is 49.9 Å². The molecular weight excluding hydrogens is 953 g/mol. The molecule has 0 atom stereocenters.